The molecule has 1 aromatic heterocycles. The second kappa shape index (κ2) is 8.06. The van der Waals surface area contributed by atoms with Crippen molar-refractivity contribution in [3.8, 4) is 5.75 Å². The molecule has 0 radical (unpaired) electrons. The summed E-state index contributed by atoms with van der Waals surface area (Å²) in [7, 11) is 0. The lowest BCUT2D eigenvalue weighted by Crippen LogP contribution is -2.29. The Labute approximate surface area is 153 Å². The zero-order valence-corrected chi connectivity index (χ0v) is 15.1. The van der Waals surface area contributed by atoms with Crippen molar-refractivity contribution in [1.82, 2.24) is 5.32 Å². The number of amides is 1. The van der Waals surface area contributed by atoms with E-state index in [2.05, 4.69) is 5.32 Å². The zero-order chi connectivity index (χ0) is 18.5. The summed E-state index contributed by atoms with van der Waals surface area (Å²) in [6.45, 7) is 4.39. The van der Waals surface area contributed by atoms with E-state index in [-0.39, 0.29) is 24.4 Å². The molecule has 1 amide bonds. The molecule has 0 spiro atoms. The number of hydrogen-bond donors (Lipinski definition) is 2. The Morgan fingerprint density at radius 1 is 1.19 bits per heavy atom. The number of nitrogens with two attached hydrogens (primary N) is 1. The van der Waals surface area contributed by atoms with Gasteiger partial charge in [0.2, 0.25) is 5.91 Å². The number of furan rings is 1. The molecule has 3 aromatic rings. The van der Waals surface area contributed by atoms with Crippen LogP contribution >= 0.6 is 0 Å². The average Bonchev–Trinajstić information content (AvgIpc) is 3.08. The molecule has 3 rings (SSSR count). The minimum absolute atomic E-state index is 0.112. The van der Waals surface area contributed by atoms with Crippen molar-refractivity contribution in [2.45, 2.75) is 32.4 Å². The fourth-order valence-corrected chi connectivity index (χ4v) is 2.93. The highest BCUT2D eigenvalue weighted by atomic mass is 16.5. The van der Waals surface area contributed by atoms with Crippen molar-refractivity contribution in [2.24, 2.45) is 5.73 Å². The number of fused-ring (bicyclic) bond motifs is 1. The Bertz CT molecular complexity index is 873. The molecule has 0 bridgehead atoms. The Morgan fingerprint density at radius 2 is 1.96 bits per heavy atom. The summed E-state index contributed by atoms with van der Waals surface area (Å²) < 4.78 is 11.5. The highest BCUT2D eigenvalue weighted by molar-refractivity contribution is 5.84. The van der Waals surface area contributed by atoms with Crippen molar-refractivity contribution in [2.75, 3.05) is 6.61 Å². The van der Waals surface area contributed by atoms with E-state index in [0.717, 1.165) is 10.9 Å². The van der Waals surface area contributed by atoms with Gasteiger partial charge in [-0.3, -0.25) is 4.79 Å². The molecular formula is C21H24N2O3. The van der Waals surface area contributed by atoms with Crippen LogP contribution in [0.1, 0.15) is 43.7 Å². The molecule has 2 unspecified atom stereocenters. The fourth-order valence-electron chi connectivity index (χ4n) is 2.93. The Hall–Kier alpha value is -2.79. The van der Waals surface area contributed by atoms with E-state index in [0.29, 0.717) is 23.7 Å². The van der Waals surface area contributed by atoms with E-state index >= 15 is 0 Å². The Kier molecular flexibility index (Phi) is 5.58. The molecule has 0 aliphatic carbocycles. The Morgan fingerprint density at radius 3 is 2.69 bits per heavy atom. The normalized spacial score (nSPS) is 13.3. The van der Waals surface area contributed by atoms with Gasteiger partial charge in [-0.1, -0.05) is 42.5 Å². The smallest absolute Gasteiger partial charge is 0.222 e. The predicted octanol–water partition coefficient (Wildman–Crippen LogP) is 4.10. The molecular weight excluding hydrogens is 328 g/mol. The number of carbonyl (C=O) groups excluding carboxylic acids is 1. The van der Waals surface area contributed by atoms with Gasteiger partial charge in [-0.2, -0.15) is 0 Å². The molecule has 1 heterocycles. The number of carbonyl (C=O) groups is 1. The van der Waals surface area contributed by atoms with Gasteiger partial charge in [0.25, 0.3) is 0 Å². The number of ether oxygens (including phenoxy) is 1. The maximum absolute atomic E-state index is 12.3. The van der Waals surface area contributed by atoms with Crippen LogP contribution in [0.2, 0.25) is 0 Å². The van der Waals surface area contributed by atoms with E-state index in [1.165, 1.54) is 0 Å². The molecule has 2 atom stereocenters. The third-order valence-electron chi connectivity index (χ3n) is 4.26. The predicted molar refractivity (Wildman–Crippen MR) is 102 cm³/mol. The summed E-state index contributed by atoms with van der Waals surface area (Å²) in [5.41, 5.74) is 7.77. The van der Waals surface area contributed by atoms with E-state index in [4.69, 9.17) is 14.9 Å². The lowest BCUT2D eigenvalue weighted by molar-refractivity contribution is -0.122. The second-order valence-electron chi connectivity index (χ2n) is 6.27. The monoisotopic (exact) mass is 352 g/mol. The standard InChI is InChI=1S/C21H24N2O3/c1-3-25-18-11-7-10-16-12-19(26-21(16)18)14(2)23-20(24)13-17(22)15-8-5-4-6-9-15/h4-12,14,17H,3,13,22H2,1-2H3,(H,23,24). The van der Waals surface area contributed by atoms with Crippen molar-refractivity contribution >= 4 is 16.9 Å². The van der Waals surface area contributed by atoms with E-state index in [1.807, 2.05) is 68.4 Å². The first-order valence-corrected chi connectivity index (χ1v) is 8.83. The van der Waals surface area contributed by atoms with E-state index in [9.17, 15) is 4.79 Å². The van der Waals surface area contributed by atoms with Gasteiger partial charge >= 0.3 is 0 Å². The molecule has 0 saturated carbocycles. The van der Waals surface area contributed by atoms with Crippen molar-refractivity contribution in [3.05, 3.63) is 65.9 Å². The first kappa shape index (κ1) is 18.0. The molecule has 5 nitrogen and oxygen atoms in total. The third-order valence-corrected chi connectivity index (χ3v) is 4.26. The first-order valence-electron chi connectivity index (χ1n) is 8.83. The quantitative estimate of drug-likeness (QED) is 0.671. The van der Waals surface area contributed by atoms with Crippen LogP contribution < -0.4 is 15.8 Å². The number of benzene rings is 2. The van der Waals surface area contributed by atoms with Gasteiger partial charge in [0.1, 0.15) is 5.76 Å². The molecule has 5 heteroatoms. The molecule has 26 heavy (non-hydrogen) atoms. The van der Waals surface area contributed by atoms with Crippen molar-refractivity contribution in [3.63, 3.8) is 0 Å². The SMILES string of the molecule is CCOc1cccc2cc(C(C)NC(=O)CC(N)c3ccccc3)oc12. The van der Waals surface area contributed by atoms with Crippen LogP contribution in [0.3, 0.4) is 0 Å². The topological polar surface area (TPSA) is 77.5 Å². The lowest BCUT2D eigenvalue weighted by atomic mass is 10.0. The second-order valence-corrected chi connectivity index (χ2v) is 6.27. The molecule has 0 aliphatic heterocycles. The summed E-state index contributed by atoms with van der Waals surface area (Å²) in [6, 6.07) is 16.7. The number of nitrogens with one attached hydrogen (secondary N) is 1. The Balaban J connectivity index is 1.67. The van der Waals surface area contributed by atoms with Crippen LogP contribution in [-0.2, 0) is 4.79 Å². The van der Waals surface area contributed by atoms with Crippen LogP contribution in [-0.4, -0.2) is 12.5 Å². The summed E-state index contributed by atoms with van der Waals surface area (Å²) in [4.78, 5) is 12.3. The summed E-state index contributed by atoms with van der Waals surface area (Å²) in [5, 5.41) is 3.91. The van der Waals surface area contributed by atoms with Gasteiger partial charge in [-0.25, -0.2) is 0 Å². The molecule has 0 saturated heterocycles. The fraction of sp³-hybridized carbons (Fsp3) is 0.286. The highest BCUT2D eigenvalue weighted by Gasteiger charge is 2.18. The number of rotatable bonds is 7. The van der Waals surface area contributed by atoms with Crippen LogP contribution in [0.4, 0.5) is 0 Å². The van der Waals surface area contributed by atoms with Gasteiger partial charge in [0, 0.05) is 17.8 Å². The van der Waals surface area contributed by atoms with Gasteiger partial charge in [0.15, 0.2) is 11.3 Å². The summed E-state index contributed by atoms with van der Waals surface area (Å²) in [5.74, 6) is 1.29. The maximum atomic E-state index is 12.3. The molecule has 0 fully saturated rings. The zero-order valence-electron chi connectivity index (χ0n) is 15.1. The average molecular weight is 352 g/mol. The summed E-state index contributed by atoms with van der Waals surface area (Å²) in [6.07, 6.45) is 0.221. The van der Waals surface area contributed by atoms with Gasteiger partial charge in [0.05, 0.1) is 12.6 Å². The van der Waals surface area contributed by atoms with E-state index in [1.54, 1.807) is 0 Å². The van der Waals surface area contributed by atoms with Gasteiger partial charge < -0.3 is 20.2 Å². The number of hydrogen-bond acceptors (Lipinski definition) is 4. The molecule has 3 N–H and O–H groups in total. The van der Waals surface area contributed by atoms with Crippen LogP contribution in [0, 0.1) is 0 Å². The molecule has 2 aromatic carbocycles. The van der Waals surface area contributed by atoms with Gasteiger partial charge in [-0.15, -0.1) is 0 Å². The minimum atomic E-state index is -0.330. The lowest BCUT2D eigenvalue weighted by Gasteiger charge is -2.15. The van der Waals surface area contributed by atoms with Crippen LogP contribution in [0.15, 0.2) is 59.0 Å². The number of para-hydroxylation sites is 1. The van der Waals surface area contributed by atoms with Crippen LogP contribution in [0.25, 0.3) is 11.0 Å². The first-order chi connectivity index (χ1) is 12.6. The summed E-state index contributed by atoms with van der Waals surface area (Å²) >= 11 is 0. The van der Waals surface area contributed by atoms with E-state index < -0.39 is 0 Å². The minimum Gasteiger partial charge on any atom is -0.490 e. The molecule has 136 valence electrons. The third kappa shape index (κ3) is 4.06. The van der Waals surface area contributed by atoms with Crippen LogP contribution in [0.5, 0.6) is 5.75 Å². The van der Waals surface area contributed by atoms with Gasteiger partial charge in [-0.05, 0) is 31.5 Å². The highest BCUT2D eigenvalue weighted by Crippen LogP contribution is 2.31. The largest absolute Gasteiger partial charge is 0.490 e. The maximum Gasteiger partial charge on any atom is 0.222 e. The van der Waals surface area contributed by atoms with Crippen molar-refractivity contribution in [1.29, 1.82) is 0 Å². The molecule has 0 aliphatic rings. The van der Waals surface area contributed by atoms with Crippen molar-refractivity contribution < 1.29 is 13.9 Å².